The second kappa shape index (κ2) is 4.34. The summed E-state index contributed by atoms with van der Waals surface area (Å²) in [6.45, 7) is 3.59. The molecule has 0 spiro atoms. The zero-order chi connectivity index (χ0) is 14.9. The second-order valence-corrected chi connectivity index (χ2v) is 7.61. The Hall–Kier alpha value is -1.32. The highest BCUT2D eigenvalue weighted by molar-refractivity contribution is 5.87. The number of fused-ring (bicyclic) bond motifs is 9. The number of aliphatic carboxylic acids is 1. The van der Waals surface area contributed by atoms with Crippen LogP contribution in [0.5, 0.6) is 0 Å². The number of hydrogen-bond donors (Lipinski definition) is 1. The van der Waals surface area contributed by atoms with E-state index < -0.39 is 5.97 Å². The lowest BCUT2D eigenvalue weighted by molar-refractivity contribution is -0.145. The van der Waals surface area contributed by atoms with Gasteiger partial charge in [0.2, 0.25) is 5.91 Å². The molecule has 4 aliphatic carbocycles. The van der Waals surface area contributed by atoms with Crippen LogP contribution in [-0.4, -0.2) is 35.0 Å². The van der Waals surface area contributed by atoms with Crippen molar-refractivity contribution >= 4 is 11.9 Å². The van der Waals surface area contributed by atoms with Crippen LogP contribution in [-0.2, 0) is 9.59 Å². The summed E-state index contributed by atoms with van der Waals surface area (Å²) in [5.74, 6) is 2.88. The normalized spacial score (nSPS) is 49.2. The Morgan fingerprint density at radius 3 is 2.38 bits per heavy atom. The molecule has 21 heavy (non-hydrogen) atoms. The Morgan fingerprint density at radius 2 is 1.71 bits per heavy atom. The van der Waals surface area contributed by atoms with Gasteiger partial charge in [0.15, 0.2) is 0 Å². The van der Waals surface area contributed by atoms with E-state index in [2.05, 4.69) is 6.58 Å². The third-order valence-corrected chi connectivity index (χ3v) is 7.12. The number of carbonyl (C=O) groups is 2. The van der Waals surface area contributed by atoms with Gasteiger partial charge in [0, 0.05) is 13.1 Å². The molecular weight excluding hydrogens is 266 g/mol. The van der Waals surface area contributed by atoms with Gasteiger partial charge in [-0.1, -0.05) is 6.58 Å². The molecule has 0 saturated heterocycles. The van der Waals surface area contributed by atoms with Gasteiger partial charge in [0.25, 0.3) is 0 Å². The maximum absolute atomic E-state index is 11.9. The minimum Gasteiger partial charge on any atom is -0.481 e. The highest BCUT2D eigenvalue weighted by atomic mass is 16.4. The van der Waals surface area contributed by atoms with Crippen molar-refractivity contribution in [3.8, 4) is 0 Å². The summed E-state index contributed by atoms with van der Waals surface area (Å²) in [6, 6.07) is 0.351. The number of amides is 1. The van der Waals surface area contributed by atoms with Gasteiger partial charge in [0.1, 0.15) is 0 Å². The molecule has 4 saturated carbocycles. The topological polar surface area (TPSA) is 57.6 Å². The Balaban J connectivity index is 1.56. The summed E-state index contributed by atoms with van der Waals surface area (Å²) in [6.07, 6.45) is 5.66. The summed E-state index contributed by atoms with van der Waals surface area (Å²) < 4.78 is 0. The molecule has 114 valence electrons. The van der Waals surface area contributed by atoms with Crippen LogP contribution in [0.3, 0.4) is 0 Å². The number of likely N-dealkylation sites (N-methyl/N-ethyl adjacent to an activating group) is 1. The van der Waals surface area contributed by atoms with Crippen LogP contribution in [0.4, 0.5) is 0 Å². The highest BCUT2D eigenvalue weighted by Gasteiger charge is 2.66. The predicted molar refractivity (Wildman–Crippen MR) is 77.3 cm³/mol. The van der Waals surface area contributed by atoms with Crippen LogP contribution >= 0.6 is 0 Å². The van der Waals surface area contributed by atoms with Crippen molar-refractivity contribution in [1.82, 2.24) is 4.90 Å². The van der Waals surface area contributed by atoms with Crippen molar-refractivity contribution in [2.24, 2.45) is 41.4 Å². The first-order chi connectivity index (χ1) is 10.0. The lowest BCUT2D eigenvalue weighted by Crippen LogP contribution is -2.46. The molecule has 0 heterocycles. The first kappa shape index (κ1) is 13.4. The Bertz CT molecular complexity index is 516. The average molecular weight is 289 g/mol. The van der Waals surface area contributed by atoms with E-state index in [4.69, 9.17) is 0 Å². The van der Waals surface area contributed by atoms with Crippen molar-refractivity contribution in [3.05, 3.63) is 12.7 Å². The fourth-order valence-electron chi connectivity index (χ4n) is 6.60. The summed E-state index contributed by atoms with van der Waals surface area (Å²) in [4.78, 5) is 25.2. The third kappa shape index (κ3) is 1.62. The van der Waals surface area contributed by atoms with E-state index >= 15 is 0 Å². The van der Waals surface area contributed by atoms with Crippen molar-refractivity contribution in [3.63, 3.8) is 0 Å². The minimum absolute atomic E-state index is 0.0238. The van der Waals surface area contributed by atoms with Gasteiger partial charge in [-0.3, -0.25) is 9.59 Å². The summed E-state index contributed by atoms with van der Waals surface area (Å²) in [5.41, 5.74) is 0. The van der Waals surface area contributed by atoms with E-state index in [0.29, 0.717) is 41.5 Å². The van der Waals surface area contributed by atoms with Crippen molar-refractivity contribution < 1.29 is 14.7 Å². The molecule has 4 aliphatic rings. The molecule has 4 fully saturated rings. The van der Waals surface area contributed by atoms with Crippen molar-refractivity contribution in [2.45, 2.75) is 31.7 Å². The number of nitrogens with zero attached hydrogens (tertiary/aromatic N) is 1. The first-order valence-corrected chi connectivity index (χ1v) is 8.15. The predicted octanol–water partition coefficient (Wildman–Crippen LogP) is 2.01. The summed E-state index contributed by atoms with van der Waals surface area (Å²) in [7, 11) is 1.90. The highest BCUT2D eigenvalue weighted by Crippen LogP contribution is 2.69. The molecule has 1 N–H and O–H groups in total. The van der Waals surface area contributed by atoms with Gasteiger partial charge >= 0.3 is 5.97 Å². The molecule has 0 radical (unpaired) electrons. The molecule has 4 nitrogen and oxygen atoms in total. The molecule has 8 atom stereocenters. The van der Waals surface area contributed by atoms with E-state index in [1.807, 2.05) is 11.9 Å². The van der Waals surface area contributed by atoms with Crippen LogP contribution in [0, 0.1) is 41.4 Å². The fraction of sp³-hybridized carbons (Fsp3) is 0.765. The second-order valence-electron chi connectivity index (χ2n) is 7.61. The van der Waals surface area contributed by atoms with E-state index in [1.54, 1.807) is 0 Å². The van der Waals surface area contributed by atoms with Gasteiger partial charge in [0.05, 0.1) is 5.92 Å². The molecule has 0 aromatic heterocycles. The van der Waals surface area contributed by atoms with Gasteiger partial charge in [-0.2, -0.15) is 0 Å². The van der Waals surface area contributed by atoms with E-state index in [0.717, 1.165) is 19.3 Å². The Kier molecular flexibility index (Phi) is 2.76. The molecule has 8 unspecified atom stereocenters. The van der Waals surface area contributed by atoms with E-state index in [1.165, 1.54) is 12.5 Å². The minimum atomic E-state index is -0.584. The molecule has 1 amide bonds. The number of rotatable bonds is 3. The van der Waals surface area contributed by atoms with Gasteiger partial charge in [-0.15, -0.1) is 0 Å². The molecule has 4 bridgehead atoms. The molecule has 0 aliphatic heterocycles. The van der Waals surface area contributed by atoms with Crippen LogP contribution in [0.2, 0.25) is 0 Å². The molecule has 0 aromatic carbocycles. The van der Waals surface area contributed by atoms with E-state index in [-0.39, 0.29) is 11.8 Å². The monoisotopic (exact) mass is 289 g/mol. The first-order valence-electron chi connectivity index (χ1n) is 8.15. The van der Waals surface area contributed by atoms with Crippen molar-refractivity contribution in [2.75, 3.05) is 7.05 Å². The van der Waals surface area contributed by atoms with Crippen LogP contribution in [0.25, 0.3) is 0 Å². The zero-order valence-electron chi connectivity index (χ0n) is 12.4. The largest absolute Gasteiger partial charge is 0.481 e. The summed E-state index contributed by atoms with van der Waals surface area (Å²) >= 11 is 0. The Labute approximate surface area is 125 Å². The molecule has 4 heteroatoms. The van der Waals surface area contributed by atoms with Crippen LogP contribution in [0.15, 0.2) is 12.7 Å². The summed E-state index contributed by atoms with van der Waals surface area (Å²) in [5, 5.41) is 9.41. The number of hydrogen-bond acceptors (Lipinski definition) is 2. The lowest BCUT2D eigenvalue weighted by Gasteiger charge is -2.43. The molecular formula is C17H23NO3. The number of carbonyl (C=O) groups excluding carboxylic acids is 1. The molecule has 0 aromatic rings. The molecule has 4 rings (SSSR count). The quantitative estimate of drug-likeness (QED) is 0.639. The number of carboxylic acid groups (broad SMARTS) is 1. The Morgan fingerprint density at radius 1 is 1.10 bits per heavy atom. The van der Waals surface area contributed by atoms with Crippen molar-refractivity contribution in [1.29, 1.82) is 0 Å². The SMILES string of the molecule is C=CC(=O)N(C)C1CC2CC1C1C3CC(C(=O)O)C(C3)C21. The van der Waals surface area contributed by atoms with Gasteiger partial charge in [-0.05, 0) is 67.3 Å². The number of carboxylic acids is 1. The smallest absolute Gasteiger partial charge is 0.306 e. The maximum atomic E-state index is 11.9. The van der Waals surface area contributed by atoms with Gasteiger partial charge < -0.3 is 10.0 Å². The maximum Gasteiger partial charge on any atom is 0.306 e. The lowest BCUT2D eigenvalue weighted by atomic mass is 9.66. The average Bonchev–Trinajstić information content (AvgIpc) is 3.20. The van der Waals surface area contributed by atoms with Crippen LogP contribution < -0.4 is 0 Å². The van der Waals surface area contributed by atoms with E-state index in [9.17, 15) is 14.7 Å². The standard InChI is InChI=1S/C17H23NO3/c1-3-14(19)18(2)13-7-9-6-12(13)16-8-4-10(15(9)16)11(5-8)17(20)21/h3,8-13,15-16H,1,4-7H2,2H3,(H,20,21). The van der Waals surface area contributed by atoms with Gasteiger partial charge in [-0.25, -0.2) is 0 Å². The third-order valence-electron chi connectivity index (χ3n) is 7.12. The fourth-order valence-corrected chi connectivity index (χ4v) is 6.60. The van der Waals surface area contributed by atoms with Crippen LogP contribution in [0.1, 0.15) is 25.7 Å². The zero-order valence-corrected chi connectivity index (χ0v) is 12.4.